The second-order valence-corrected chi connectivity index (χ2v) is 11.6. The number of hydrogen-bond donors (Lipinski definition) is 1. The molecule has 0 saturated carbocycles. The molecule has 204 valence electrons. The monoisotopic (exact) mass is 521 g/mol. The average molecular weight is 522 g/mol. The molecule has 0 bridgehead atoms. The summed E-state index contributed by atoms with van der Waals surface area (Å²) in [6.45, 7) is 10.6. The van der Waals surface area contributed by atoms with Gasteiger partial charge in [-0.3, -0.25) is 0 Å². The fourth-order valence-corrected chi connectivity index (χ4v) is 6.37. The van der Waals surface area contributed by atoms with Crippen molar-refractivity contribution in [3.05, 3.63) is 106 Å². The number of nitriles is 1. The Morgan fingerprint density at radius 1 is 0.897 bits per heavy atom. The van der Waals surface area contributed by atoms with Crippen LogP contribution in [0.15, 0.2) is 66.7 Å². The number of nitrogens with zero attached hydrogens (tertiary/aromatic N) is 2. The smallest absolute Gasteiger partial charge is 0.119 e. The Bertz CT molecular complexity index is 1250. The molecule has 0 radical (unpaired) electrons. The van der Waals surface area contributed by atoms with Crippen LogP contribution in [0, 0.1) is 25.2 Å². The number of rotatable bonds is 11. The van der Waals surface area contributed by atoms with Gasteiger partial charge in [0.05, 0.1) is 18.2 Å². The minimum atomic E-state index is -0.427. The number of aryl methyl sites for hydroxylation is 2. The summed E-state index contributed by atoms with van der Waals surface area (Å²) in [6, 6.07) is 26.2. The Morgan fingerprint density at radius 2 is 1.59 bits per heavy atom. The Morgan fingerprint density at radius 3 is 2.31 bits per heavy atom. The number of benzene rings is 3. The third kappa shape index (κ3) is 6.61. The zero-order chi connectivity index (χ0) is 27.1. The third-order valence-corrected chi connectivity index (χ3v) is 8.76. The maximum atomic E-state index is 9.34. The summed E-state index contributed by atoms with van der Waals surface area (Å²) in [5.74, 6) is 0.732. The Balaban J connectivity index is 1.04. The van der Waals surface area contributed by atoms with E-state index in [4.69, 9.17) is 4.74 Å². The highest BCUT2D eigenvalue weighted by molar-refractivity contribution is 5.48. The van der Waals surface area contributed by atoms with Crippen LogP contribution in [0.4, 0.5) is 0 Å². The van der Waals surface area contributed by atoms with Gasteiger partial charge in [0.15, 0.2) is 0 Å². The molecule has 0 spiro atoms. The molecule has 1 unspecified atom stereocenters. The van der Waals surface area contributed by atoms with Crippen LogP contribution >= 0.6 is 0 Å². The van der Waals surface area contributed by atoms with Crippen LogP contribution in [-0.4, -0.2) is 37.6 Å². The summed E-state index contributed by atoms with van der Waals surface area (Å²) in [4.78, 5) is 2.66. The van der Waals surface area contributed by atoms with Crippen LogP contribution in [-0.2, 0) is 16.9 Å². The number of fused-ring (bicyclic) bond motifs is 1. The lowest BCUT2D eigenvalue weighted by atomic mass is 9.81. The summed E-state index contributed by atoms with van der Waals surface area (Å²) in [7, 11) is 0. The van der Waals surface area contributed by atoms with E-state index in [-0.39, 0.29) is 0 Å². The summed E-state index contributed by atoms with van der Waals surface area (Å²) in [6.07, 6.45) is 7.02. The van der Waals surface area contributed by atoms with Crippen molar-refractivity contribution >= 4 is 0 Å². The molecule has 2 heterocycles. The Hall–Kier alpha value is -2.97. The third-order valence-electron chi connectivity index (χ3n) is 8.76. The molecule has 2 aliphatic heterocycles. The van der Waals surface area contributed by atoms with Crippen molar-refractivity contribution in [2.24, 2.45) is 0 Å². The van der Waals surface area contributed by atoms with Crippen molar-refractivity contribution in [3.63, 3.8) is 0 Å². The molecule has 0 aliphatic carbocycles. The minimum absolute atomic E-state index is 0.427. The van der Waals surface area contributed by atoms with Gasteiger partial charge in [0.25, 0.3) is 0 Å². The van der Waals surface area contributed by atoms with Crippen LogP contribution in [0.5, 0.6) is 0 Å². The van der Waals surface area contributed by atoms with Crippen molar-refractivity contribution in [3.8, 4) is 6.07 Å². The van der Waals surface area contributed by atoms with E-state index in [0.717, 1.165) is 37.4 Å². The lowest BCUT2D eigenvalue weighted by molar-refractivity contribution is -0.0129. The van der Waals surface area contributed by atoms with Crippen LogP contribution < -0.4 is 5.32 Å². The largest absolute Gasteiger partial charge is 0.361 e. The van der Waals surface area contributed by atoms with E-state index < -0.39 is 5.60 Å². The molecule has 39 heavy (non-hydrogen) atoms. The second kappa shape index (κ2) is 12.9. The molecule has 1 atom stereocenters. The summed E-state index contributed by atoms with van der Waals surface area (Å²) < 4.78 is 6.55. The highest BCUT2D eigenvalue weighted by Crippen LogP contribution is 2.45. The van der Waals surface area contributed by atoms with Crippen LogP contribution in [0.25, 0.3) is 0 Å². The number of piperidine rings is 1. The number of ether oxygens (including phenoxy) is 1. The van der Waals surface area contributed by atoms with Gasteiger partial charge in [-0.25, -0.2) is 0 Å². The summed E-state index contributed by atoms with van der Waals surface area (Å²) in [5.41, 5.74) is 7.97. The van der Waals surface area contributed by atoms with Crippen LogP contribution in [0.2, 0.25) is 0 Å². The van der Waals surface area contributed by atoms with Crippen molar-refractivity contribution < 1.29 is 4.74 Å². The first-order chi connectivity index (χ1) is 19.1. The van der Waals surface area contributed by atoms with Gasteiger partial charge in [0, 0.05) is 0 Å². The highest BCUT2D eigenvalue weighted by Gasteiger charge is 2.41. The normalized spacial score (nSPS) is 19.6. The first kappa shape index (κ1) is 27.6. The van der Waals surface area contributed by atoms with Crippen molar-refractivity contribution in [1.29, 1.82) is 5.26 Å². The molecule has 5 rings (SSSR count). The molecule has 4 heteroatoms. The summed E-state index contributed by atoms with van der Waals surface area (Å²) >= 11 is 0. The molecular formula is C35H43N3O. The maximum absolute atomic E-state index is 9.34. The van der Waals surface area contributed by atoms with Crippen LogP contribution in [0.3, 0.4) is 0 Å². The average Bonchev–Trinajstić information content (AvgIpc) is 3.34. The van der Waals surface area contributed by atoms with Gasteiger partial charge in [-0.05, 0) is 125 Å². The topological polar surface area (TPSA) is 48.3 Å². The van der Waals surface area contributed by atoms with Crippen LogP contribution in [0.1, 0.15) is 83.4 Å². The molecular weight excluding hydrogens is 478 g/mol. The van der Waals surface area contributed by atoms with Crippen molar-refractivity contribution in [2.45, 2.75) is 70.5 Å². The Labute approximate surface area is 235 Å². The fourth-order valence-electron chi connectivity index (χ4n) is 6.37. The molecule has 1 saturated heterocycles. The van der Waals surface area contributed by atoms with Crippen molar-refractivity contribution in [2.75, 3.05) is 32.7 Å². The molecule has 1 fully saturated rings. The lowest BCUT2D eigenvalue weighted by Gasteiger charge is -2.32. The molecule has 4 nitrogen and oxygen atoms in total. The first-order valence-corrected chi connectivity index (χ1v) is 14.8. The summed E-state index contributed by atoms with van der Waals surface area (Å²) in [5, 5.41) is 13.0. The molecule has 3 aromatic carbocycles. The quantitative estimate of drug-likeness (QED) is 0.277. The molecule has 1 N–H and O–H groups in total. The van der Waals surface area contributed by atoms with Gasteiger partial charge < -0.3 is 15.0 Å². The van der Waals surface area contributed by atoms with Gasteiger partial charge >= 0.3 is 0 Å². The lowest BCUT2D eigenvalue weighted by Crippen LogP contribution is -2.34. The predicted molar refractivity (Wildman–Crippen MR) is 159 cm³/mol. The number of nitrogens with one attached hydrogen (secondary N) is 1. The zero-order valence-corrected chi connectivity index (χ0v) is 23.7. The Kier molecular flexibility index (Phi) is 9.14. The number of likely N-dealkylation sites (tertiary alicyclic amines) is 1. The van der Waals surface area contributed by atoms with E-state index in [9.17, 15) is 5.26 Å². The fraction of sp³-hybridized carbons (Fsp3) is 0.457. The zero-order valence-electron chi connectivity index (χ0n) is 23.7. The van der Waals surface area contributed by atoms with E-state index in [0.29, 0.717) is 12.2 Å². The predicted octanol–water partition coefficient (Wildman–Crippen LogP) is 6.98. The molecule has 0 amide bonds. The first-order valence-electron chi connectivity index (χ1n) is 14.8. The van der Waals surface area contributed by atoms with Gasteiger partial charge in [-0.2, -0.15) is 5.26 Å². The van der Waals surface area contributed by atoms with Gasteiger partial charge in [0.2, 0.25) is 0 Å². The maximum Gasteiger partial charge on any atom is 0.119 e. The number of unbranched alkanes of at least 4 members (excludes halogenated alkanes) is 1. The van der Waals surface area contributed by atoms with E-state index >= 15 is 0 Å². The number of hydrogen-bond acceptors (Lipinski definition) is 4. The SMILES string of the molecule is Cc1ccc(C2CCN(CCCCNCCCC3(c4ccc(C)cc4)OCc4cc(C#N)ccc43)CC2)cc1. The van der Waals surface area contributed by atoms with Gasteiger partial charge in [-0.1, -0.05) is 65.7 Å². The molecule has 0 aromatic heterocycles. The van der Waals surface area contributed by atoms with Gasteiger partial charge in [0.1, 0.15) is 5.60 Å². The van der Waals surface area contributed by atoms with E-state index in [1.165, 1.54) is 73.1 Å². The highest BCUT2D eigenvalue weighted by atomic mass is 16.5. The standard InChI is InChI=1S/C35H43N3O/c1-27-6-11-30(12-7-27)31-16-22-38(23-17-31)21-4-3-19-37-20-5-18-35(33-13-8-28(2)9-14-33)34-15-10-29(25-36)24-32(34)26-39-35/h6-15,24,31,37H,3-5,16-23,26H2,1-2H3. The van der Waals surface area contributed by atoms with Gasteiger partial charge in [-0.15, -0.1) is 0 Å². The van der Waals surface area contributed by atoms with E-state index in [2.05, 4.69) is 84.7 Å². The van der Waals surface area contributed by atoms with Crippen molar-refractivity contribution in [1.82, 2.24) is 10.2 Å². The van der Waals surface area contributed by atoms with E-state index in [1.54, 1.807) is 0 Å². The molecule has 3 aromatic rings. The molecule has 2 aliphatic rings. The minimum Gasteiger partial charge on any atom is -0.361 e. The second-order valence-electron chi connectivity index (χ2n) is 11.6. The van der Waals surface area contributed by atoms with E-state index in [1.807, 2.05) is 12.1 Å².